The molecule has 0 saturated carbocycles. The second-order valence-electron chi connectivity index (χ2n) is 4.48. The molecule has 1 aromatic rings. The number of aliphatic hydroxyl groups is 1. The van der Waals surface area contributed by atoms with Crippen LogP contribution in [0.4, 0.5) is 0 Å². The smallest absolute Gasteiger partial charge is 0.135 e. The van der Waals surface area contributed by atoms with Crippen LogP contribution in [0.1, 0.15) is 13.8 Å². The van der Waals surface area contributed by atoms with Gasteiger partial charge < -0.3 is 19.9 Å². The molecule has 4 nitrogen and oxygen atoms in total. The second-order valence-corrected chi connectivity index (χ2v) is 6.19. The summed E-state index contributed by atoms with van der Waals surface area (Å²) in [6.45, 7) is 5.24. The van der Waals surface area contributed by atoms with Gasteiger partial charge >= 0.3 is 0 Å². The van der Waals surface area contributed by atoms with E-state index in [0.717, 1.165) is 21.2 Å². The zero-order chi connectivity index (χ0) is 14.5. The lowest BCUT2D eigenvalue weighted by atomic mass is 10.1. The minimum atomic E-state index is -0.915. The number of benzene rings is 1. The first kappa shape index (κ1) is 16.8. The Morgan fingerprint density at radius 2 is 1.84 bits per heavy atom. The average Bonchev–Trinajstić information content (AvgIpc) is 2.37. The molecule has 6 heteroatoms. The van der Waals surface area contributed by atoms with E-state index >= 15 is 0 Å². The van der Waals surface area contributed by atoms with E-state index in [0.29, 0.717) is 12.3 Å². The molecule has 0 heterocycles. The van der Waals surface area contributed by atoms with Crippen LogP contribution in [0.5, 0.6) is 11.5 Å². The number of halogens is 2. The quantitative estimate of drug-likeness (QED) is 0.743. The Balaban J connectivity index is 2.70. The second kappa shape index (κ2) is 7.47. The molecule has 0 aromatic heterocycles. The van der Waals surface area contributed by atoms with Crippen molar-refractivity contribution in [3.8, 4) is 11.5 Å². The van der Waals surface area contributed by atoms with Crippen LogP contribution >= 0.6 is 31.9 Å². The van der Waals surface area contributed by atoms with Gasteiger partial charge in [0.05, 0.1) is 16.1 Å². The lowest BCUT2D eigenvalue weighted by Gasteiger charge is -2.24. The van der Waals surface area contributed by atoms with Gasteiger partial charge in [0, 0.05) is 6.54 Å². The molecule has 108 valence electrons. The van der Waals surface area contributed by atoms with Crippen LogP contribution in [-0.4, -0.2) is 37.5 Å². The molecule has 1 aromatic carbocycles. The van der Waals surface area contributed by atoms with Crippen molar-refractivity contribution in [2.24, 2.45) is 0 Å². The Morgan fingerprint density at radius 3 is 2.42 bits per heavy atom. The summed E-state index contributed by atoms with van der Waals surface area (Å²) in [7, 11) is 1.61. The number of hydrogen-bond acceptors (Lipinski definition) is 4. The summed E-state index contributed by atoms with van der Waals surface area (Å²) in [4.78, 5) is 0. The summed E-state index contributed by atoms with van der Waals surface area (Å²) in [6.07, 6.45) is 0. The molecule has 0 aliphatic heterocycles. The van der Waals surface area contributed by atoms with Crippen molar-refractivity contribution >= 4 is 31.9 Å². The van der Waals surface area contributed by atoms with Crippen molar-refractivity contribution in [3.63, 3.8) is 0 Å². The average molecular weight is 397 g/mol. The maximum atomic E-state index is 10.1. The molecule has 0 aliphatic carbocycles. The molecule has 0 radical (unpaired) electrons. The number of ether oxygens (including phenoxy) is 2. The van der Waals surface area contributed by atoms with Crippen LogP contribution in [0.25, 0.3) is 0 Å². The zero-order valence-electron chi connectivity index (χ0n) is 11.3. The maximum Gasteiger partial charge on any atom is 0.135 e. The van der Waals surface area contributed by atoms with E-state index in [1.807, 2.05) is 19.1 Å². The van der Waals surface area contributed by atoms with Crippen molar-refractivity contribution in [3.05, 3.63) is 21.1 Å². The Kier molecular flexibility index (Phi) is 6.59. The molecule has 0 aliphatic rings. The fourth-order valence-electron chi connectivity index (χ4n) is 1.46. The van der Waals surface area contributed by atoms with E-state index in [-0.39, 0.29) is 6.61 Å². The van der Waals surface area contributed by atoms with Gasteiger partial charge in [0.15, 0.2) is 0 Å². The van der Waals surface area contributed by atoms with Crippen molar-refractivity contribution in [2.75, 3.05) is 26.8 Å². The molecule has 0 amide bonds. The Bertz CT molecular complexity index is 425. The first-order valence-electron chi connectivity index (χ1n) is 5.98. The van der Waals surface area contributed by atoms with E-state index in [4.69, 9.17) is 9.47 Å². The van der Waals surface area contributed by atoms with Crippen LogP contribution in [0, 0.1) is 0 Å². The minimum Gasteiger partial charge on any atom is -0.496 e. The summed E-state index contributed by atoms with van der Waals surface area (Å²) in [6, 6.07) is 3.63. The summed E-state index contributed by atoms with van der Waals surface area (Å²) in [5.41, 5.74) is -0.915. The number of rotatable bonds is 7. The van der Waals surface area contributed by atoms with Gasteiger partial charge in [-0.2, -0.15) is 0 Å². The van der Waals surface area contributed by atoms with Gasteiger partial charge in [-0.05, 0) is 57.5 Å². The van der Waals surface area contributed by atoms with Gasteiger partial charge in [-0.3, -0.25) is 0 Å². The van der Waals surface area contributed by atoms with Crippen molar-refractivity contribution in [1.29, 1.82) is 0 Å². The van der Waals surface area contributed by atoms with E-state index in [9.17, 15) is 5.11 Å². The fraction of sp³-hybridized carbons (Fsp3) is 0.538. The van der Waals surface area contributed by atoms with Gasteiger partial charge in [0.25, 0.3) is 0 Å². The third-order valence-electron chi connectivity index (χ3n) is 2.50. The molecular formula is C13H19Br2NO3. The highest BCUT2D eigenvalue weighted by Gasteiger charge is 2.21. The van der Waals surface area contributed by atoms with Crippen LogP contribution < -0.4 is 14.8 Å². The summed E-state index contributed by atoms with van der Waals surface area (Å²) in [5, 5.41) is 13.2. The molecule has 1 unspecified atom stereocenters. The third kappa shape index (κ3) is 5.30. The van der Waals surface area contributed by atoms with Crippen LogP contribution in [-0.2, 0) is 0 Å². The van der Waals surface area contributed by atoms with Crippen LogP contribution in [0.2, 0.25) is 0 Å². The number of nitrogens with one attached hydrogen (secondary N) is 1. The van der Waals surface area contributed by atoms with Crippen LogP contribution in [0.15, 0.2) is 21.1 Å². The van der Waals surface area contributed by atoms with Crippen molar-refractivity contribution in [2.45, 2.75) is 19.4 Å². The molecule has 19 heavy (non-hydrogen) atoms. The SMILES string of the molecule is CCNCC(C)(O)COc1cc(Br)c(OC)cc1Br. The topological polar surface area (TPSA) is 50.7 Å². The van der Waals surface area contributed by atoms with Gasteiger partial charge in [-0.15, -0.1) is 0 Å². The largest absolute Gasteiger partial charge is 0.496 e. The van der Waals surface area contributed by atoms with Crippen molar-refractivity contribution < 1.29 is 14.6 Å². The highest BCUT2D eigenvalue weighted by atomic mass is 79.9. The summed E-state index contributed by atoms with van der Waals surface area (Å²) in [5.74, 6) is 1.38. The lowest BCUT2D eigenvalue weighted by Crippen LogP contribution is -2.42. The highest BCUT2D eigenvalue weighted by Crippen LogP contribution is 2.36. The monoisotopic (exact) mass is 395 g/mol. The van der Waals surface area contributed by atoms with Crippen LogP contribution in [0.3, 0.4) is 0 Å². The lowest BCUT2D eigenvalue weighted by molar-refractivity contribution is 0.0125. The normalized spacial score (nSPS) is 14.0. The van der Waals surface area contributed by atoms with Gasteiger partial charge in [-0.25, -0.2) is 0 Å². The molecule has 0 fully saturated rings. The molecule has 1 rings (SSSR count). The number of likely N-dealkylation sites (N-methyl/N-ethyl adjacent to an activating group) is 1. The highest BCUT2D eigenvalue weighted by molar-refractivity contribution is 9.11. The van der Waals surface area contributed by atoms with E-state index in [1.165, 1.54) is 0 Å². The number of hydrogen-bond donors (Lipinski definition) is 2. The molecule has 0 spiro atoms. The standard InChI is InChI=1S/C13H19Br2NO3/c1-4-16-7-13(2,17)8-19-12-6-9(14)11(18-3)5-10(12)15/h5-6,16-17H,4,7-8H2,1-3H3. The predicted octanol–water partition coefficient (Wildman–Crippen LogP) is 2.96. The fourth-order valence-corrected chi connectivity index (χ4v) is 2.38. The zero-order valence-corrected chi connectivity index (χ0v) is 14.5. The minimum absolute atomic E-state index is 0.206. The van der Waals surface area contributed by atoms with E-state index in [2.05, 4.69) is 37.2 Å². The molecule has 0 bridgehead atoms. The first-order valence-corrected chi connectivity index (χ1v) is 7.57. The maximum absolute atomic E-state index is 10.1. The van der Waals surface area contributed by atoms with E-state index in [1.54, 1.807) is 14.0 Å². The Hall–Kier alpha value is -0.300. The number of methoxy groups -OCH3 is 1. The van der Waals surface area contributed by atoms with Crippen molar-refractivity contribution in [1.82, 2.24) is 5.32 Å². The predicted molar refractivity (Wildman–Crippen MR) is 83.1 cm³/mol. The first-order chi connectivity index (χ1) is 8.89. The van der Waals surface area contributed by atoms with Gasteiger partial charge in [0.1, 0.15) is 23.7 Å². The molecule has 2 N–H and O–H groups in total. The summed E-state index contributed by atoms with van der Waals surface area (Å²) >= 11 is 6.82. The molecular weight excluding hydrogens is 378 g/mol. The van der Waals surface area contributed by atoms with Gasteiger partial charge in [0.2, 0.25) is 0 Å². The van der Waals surface area contributed by atoms with E-state index < -0.39 is 5.60 Å². The Morgan fingerprint density at radius 1 is 1.26 bits per heavy atom. The van der Waals surface area contributed by atoms with Gasteiger partial charge in [-0.1, -0.05) is 6.92 Å². The molecule has 1 atom stereocenters. The summed E-state index contributed by atoms with van der Waals surface area (Å²) < 4.78 is 12.4. The third-order valence-corrected chi connectivity index (χ3v) is 3.74. The molecule has 0 saturated heterocycles. The Labute approximate surface area is 130 Å².